The van der Waals surface area contributed by atoms with Crippen LogP contribution in [-0.4, -0.2) is 31.4 Å². The van der Waals surface area contributed by atoms with Crippen LogP contribution in [0.5, 0.6) is 0 Å². The first-order valence-corrected chi connectivity index (χ1v) is 10.00. The molecule has 1 saturated carbocycles. The van der Waals surface area contributed by atoms with Gasteiger partial charge in [-0.1, -0.05) is 37.5 Å². The van der Waals surface area contributed by atoms with Gasteiger partial charge in [0.2, 0.25) is 0 Å². The molecule has 0 saturated heterocycles. The van der Waals surface area contributed by atoms with Gasteiger partial charge >= 0.3 is 0 Å². The summed E-state index contributed by atoms with van der Waals surface area (Å²) >= 11 is 0. The molecule has 2 aromatic heterocycles. The maximum Gasteiger partial charge on any atom is 0.254 e. The first-order valence-electron chi connectivity index (χ1n) is 10.00. The van der Waals surface area contributed by atoms with E-state index in [4.69, 9.17) is 0 Å². The zero-order valence-electron chi connectivity index (χ0n) is 16.3. The van der Waals surface area contributed by atoms with E-state index in [0.29, 0.717) is 12.6 Å². The van der Waals surface area contributed by atoms with Gasteiger partial charge in [0.25, 0.3) is 5.91 Å². The van der Waals surface area contributed by atoms with Crippen LogP contribution in [0.4, 0.5) is 0 Å². The summed E-state index contributed by atoms with van der Waals surface area (Å²) in [6.45, 7) is 0.601. The molecule has 5 heteroatoms. The molecule has 4 rings (SSSR count). The van der Waals surface area contributed by atoms with Crippen LogP contribution in [0.2, 0.25) is 0 Å². The summed E-state index contributed by atoms with van der Waals surface area (Å²) in [6.07, 6.45) is 13.1. The smallest absolute Gasteiger partial charge is 0.254 e. The van der Waals surface area contributed by atoms with Crippen molar-refractivity contribution in [2.24, 2.45) is 7.05 Å². The summed E-state index contributed by atoms with van der Waals surface area (Å²) in [5.74, 6) is 0.956. The minimum absolute atomic E-state index is 0.0896. The minimum atomic E-state index is 0.0896. The summed E-state index contributed by atoms with van der Waals surface area (Å²) in [5, 5.41) is 0. The van der Waals surface area contributed by atoms with Crippen LogP contribution in [0, 0.1) is 0 Å². The molecule has 3 aromatic rings. The number of hydrogen-bond donors (Lipinski definition) is 0. The van der Waals surface area contributed by atoms with Crippen molar-refractivity contribution in [1.29, 1.82) is 0 Å². The van der Waals surface area contributed by atoms with Gasteiger partial charge in [-0.15, -0.1) is 0 Å². The molecule has 0 bridgehead atoms. The van der Waals surface area contributed by atoms with Gasteiger partial charge < -0.3 is 9.47 Å². The fourth-order valence-corrected chi connectivity index (χ4v) is 4.05. The van der Waals surface area contributed by atoms with Crippen LogP contribution in [0.15, 0.2) is 61.2 Å². The number of carbonyl (C=O) groups excluding carboxylic acids is 1. The average molecular weight is 374 g/mol. The maximum absolute atomic E-state index is 13.5. The SMILES string of the molecule is Cn1ccnc1-c1cccc(C(=O)N(Cc2cccnc2)C2CCCCC2)c1. The van der Waals surface area contributed by atoms with E-state index in [1.165, 1.54) is 19.3 Å². The van der Waals surface area contributed by atoms with Crippen LogP contribution in [0.1, 0.15) is 48.0 Å². The van der Waals surface area contributed by atoms with E-state index in [-0.39, 0.29) is 5.91 Å². The van der Waals surface area contributed by atoms with E-state index >= 15 is 0 Å². The molecule has 1 amide bonds. The Morgan fingerprint density at radius 2 is 2.00 bits per heavy atom. The standard InChI is InChI=1S/C23H26N4O/c1-26-14-13-25-22(26)19-8-5-9-20(15-19)23(28)27(21-10-3-2-4-11-21)17-18-7-6-12-24-16-18/h5-9,12-16,21H,2-4,10-11,17H2,1H3. The summed E-state index contributed by atoms with van der Waals surface area (Å²) in [5.41, 5.74) is 2.75. The van der Waals surface area contributed by atoms with E-state index in [1.54, 1.807) is 12.4 Å². The quantitative estimate of drug-likeness (QED) is 0.663. The summed E-state index contributed by atoms with van der Waals surface area (Å²) in [7, 11) is 1.97. The van der Waals surface area contributed by atoms with Crippen molar-refractivity contribution >= 4 is 5.91 Å². The van der Waals surface area contributed by atoms with E-state index < -0.39 is 0 Å². The van der Waals surface area contributed by atoms with Gasteiger partial charge in [-0.3, -0.25) is 9.78 Å². The number of carbonyl (C=O) groups is 1. The van der Waals surface area contributed by atoms with Crippen LogP contribution < -0.4 is 0 Å². The Hall–Kier alpha value is -2.95. The monoisotopic (exact) mass is 374 g/mol. The lowest BCUT2D eigenvalue weighted by Gasteiger charge is -2.34. The fraction of sp³-hybridized carbons (Fsp3) is 0.348. The number of pyridine rings is 1. The van der Waals surface area contributed by atoms with Crippen molar-refractivity contribution < 1.29 is 4.79 Å². The molecule has 1 aliphatic rings. The third-order valence-corrected chi connectivity index (χ3v) is 5.54. The molecule has 0 unspecified atom stereocenters. The predicted molar refractivity (Wildman–Crippen MR) is 110 cm³/mol. The number of nitrogens with zero attached hydrogens (tertiary/aromatic N) is 4. The number of rotatable bonds is 5. The molecule has 0 N–H and O–H groups in total. The molecule has 144 valence electrons. The zero-order chi connectivity index (χ0) is 19.3. The molecule has 0 atom stereocenters. The number of aryl methyl sites for hydroxylation is 1. The summed E-state index contributed by atoms with van der Waals surface area (Å²) in [4.78, 5) is 24.2. The summed E-state index contributed by atoms with van der Waals surface area (Å²) in [6, 6.07) is 12.1. The number of amides is 1. The molecule has 1 aromatic carbocycles. The lowest BCUT2D eigenvalue weighted by Crippen LogP contribution is -2.41. The Bertz CT molecular complexity index is 929. The average Bonchev–Trinajstić information content (AvgIpc) is 3.19. The normalized spacial score (nSPS) is 14.8. The Kier molecular flexibility index (Phi) is 5.51. The second-order valence-corrected chi connectivity index (χ2v) is 7.53. The molecular formula is C23H26N4O. The Labute approximate surface area is 166 Å². The van der Waals surface area contributed by atoms with Crippen molar-refractivity contribution in [3.05, 3.63) is 72.3 Å². The first-order chi connectivity index (χ1) is 13.7. The molecule has 0 radical (unpaired) electrons. The Morgan fingerprint density at radius 1 is 1.14 bits per heavy atom. The van der Waals surface area contributed by atoms with Gasteiger partial charge in [-0.2, -0.15) is 0 Å². The molecule has 1 fully saturated rings. The third-order valence-electron chi connectivity index (χ3n) is 5.54. The lowest BCUT2D eigenvalue weighted by molar-refractivity contribution is 0.0614. The molecule has 0 spiro atoms. The van der Waals surface area contributed by atoms with Crippen molar-refractivity contribution in [1.82, 2.24) is 19.4 Å². The van der Waals surface area contributed by atoms with Gasteiger partial charge in [-0.25, -0.2) is 4.98 Å². The van der Waals surface area contributed by atoms with Crippen LogP contribution in [0.25, 0.3) is 11.4 Å². The first kappa shape index (κ1) is 18.4. The van der Waals surface area contributed by atoms with Crippen molar-refractivity contribution in [2.45, 2.75) is 44.7 Å². The molecule has 2 heterocycles. The van der Waals surface area contributed by atoms with Crippen LogP contribution >= 0.6 is 0 Å². The number of aromatic nitrogens is 3. The van der Waals surface area contributed by atoms with Gasteiger partial charge in [0.1, 0.15) is 5.82 Å². The third kappa shape index (κ3) is 3.98. The maximum atomic E-state index is 13.5. The number of imidazole rings is 1. The number of hydrogen-bond acceptors (Lipinski definition) is 3. The van der Waals surface area contributed by atoms with E-state index in [9.17, 15) is 4.79 Å². The molecule has 5 nitrogen and oxygen atoms in total. The molecule has 1 aliphatic carbocycles. The molecular weight excluding hydrogens is 348 g/mol. The summed E-state index contributed by atoms with van der Waals surface area (Å²) < 4.78 is 1.97. The van der Waals surface area contributed by atoms with E-state index in [1.807, 2.05) is 65.3 Å². The van der Waals surface area contributed by atoms with Gasteiger partial charge in [0.15, 0.2) is 0 Å². The highest BCUT2D eigenvalue weighted by atomic mass is 16.2. The zero-order valence-corrected chi connectivity index (χ0v) is 16.3. The van der Waals surface area contributed by atoms with Crippen LogP contribution in [-0.2, 0) is 13.6 Å². The van der Waals surface area contributed by atoms with Crippen molar-refractivity contribution in [2.75, 3.05) is 0 Å². The van der Waals surface area contributed by atoms with Crippen molar-refractivity contribution in [3.8, 4) is 11.4 Å². The lowest BCUT2D eigenvalue weighted by atomic mass is 9.93. The van der Waals surface area contributed by atoms with E-state index in [2.05, 4.69) is 9.97 Å². The second kappa shape index (κ2) is 8.38. The van der Waals surface area contributed by atoms with Crippen LogP contribution in [0.3, 0.4) is 0 Å². The minimum Gasteiger partial charge on any atom is -0.334 e. The fourth-order valence-electron chi connectivity index (χ4n) is 4.05. The topological polar surface area (TPSA) is 51.0 Å². The highest BCUT2D eigenvalue weighted by Gasteiger charge is 2.26. The van der Waals surface area contributed by atoms with Gasteiger partial charge in [0, 0.05) is 55.5 Å². The molecule has 28 heavy (non-hydrogen) atoms. The Balaban J connectivity index is 1.64. The second-order valence-electron chi connectivity index (χ2n) is 7.53. The van der Waals surface area contributed by atoms with Gasteiger partial charge in [0.05, 0.1) is 0 Å². The highest BCUT2D eigenvalue weighted by Crippen LogP contribution is 2.27. The predicted octanol–water partition coefficient (Wildman–Crippen LogP) is 4.46. The Morgan fingerprint density at radius 3 is 2.71 bits per heavy atom. The number of benzene rings is 1. The van der Waals surface area contributed by atoms with Gasteiger partial charge in [-0.05, 0) is 36.6 Å². The highest BCUT2D eigenvalue weighted by molar-refractivity contribution is 5.95. The largest absolute Gasteiger partial charge is 0.334 e. The molecule has 0 aliphatic heterocycles. The van der Waals surface area contributed by atoms with Crippen molar-refractivity contribution in [3.63, 3.8) is 0 Å². The van der Waals surface area contributed by atoms with E-state index in [0.717, 1.165) is 35.4 Å².